The van der Waals surface area contributed by atoms with Gasteiger partial charge in [0.05, 0.1) is 0 Å². The summed E-state index contributed by atoms with van der Waals surface area (Å²) < 4.78 is 0. The average molecular weight is 402 g/mol. The van der Waals surface area contributed by atoms with Crippen molar-refractivity contribution < 1.29 is 0 Å². The van der Waals surface area contributed by atoms with Crippen molar-refractivity contribution in [2.24, 2.45) is 5.92 Å². The minimum Gasteiger partial charge on any atom is -0.315 e. The first-order chi connectivity index (χ1) is 12.1. The van der Waals surface area contributed by atoms with Gasteiger partial charge in [0.25, 0.3) is 0 Å². The third-order valence-electron chi connectivity index (χ3n) is 5.04. The number of nitrogens with zero attached hydrogens (tertiary/aromatic N) is 2. The minimum absolute atomic E-state index is 0.612. The summed E-state index contributed by atoms with van der Waals surface area (Å²) in [6, 6.07) is 8.48. The van der Waals surface area contributed by atoms with Gasteiger partial charge in [-0.05, 0) is 49.5 Å². The lowest BCUT2D eigenvalue weighted by atomic mass is 9.80. The Morgan fingerprint density at radius 2 is 1.92 bits per heavy atom. The first-order valence-electron chi connectivity index (χ1n) is 9.23. The van der Waals surface area contributed by atoms with Crippen molar-refractivity contribution in [3.63, 3.8) is 0 Å². The number of rotatable bonds is 10. The van der Waals surface area contributed by atoms with Gasteiger partial charge in [-0.25, -0.2) is 0 Å². The summed E-state index contributed by atoms with van der Waals surface area (Å²) in [5, 5.41) is 4.27. The Morgan fingerprint density at radius 3 is 2.60 bits per heavy atom. The van der Waals surface area contributed by atoms with Crippen LogP contribution in [-0.4, -0.2) is 74.2 Å². The van der Waals surface area contributed by atoms with E-state index in [2.05, 4.69) is 59.6 Å². The molecule has 1 N–H and O–H groups in total. The van der Waals surface area contributed by atoms with Gasteiger partial charge in [0.2, 0.25) is 0 Å². The van der Waals surface area contributed by atoms with E-state index in [4.69, 9.17) is 11.6 Å². The van der Waals surface area contributed by atoms with E-state index in [1.165, 1.54) is 18.5 Å². The van der Waals surface area contributed by atoms with Crippen molar-refractivity contribution in [2.45, 2.75) is 12.3 Å². The Bertz CT molecular complexity index is 486. The normalized spacial score (nSPS) is 21.8. The molecule has 1 aromatic carbocycles. The van der Waals surface area contributed by atoms with Gasteiger partial charge in [0.1, 0.15) is 0 Å². The van der Waals surface area contributed by atoms with E-state index >= 15 is 0 Å². The monoisotopic (exact) mass is 401 g/mol. The van der Waals surface area contributed by atoms with Crippen molar-refractivity contribution in [3.05, 3.63) is 34.9 Å². The molecular weight excluding hydrogens is 370 g/mol. The zero-order valence-electron chi connectivity index (χ0n) is 15.2. The Labute approximate surface area is 169 Å². The van der Waals surface area contributed by atoms with Gasteiger partial charge in [0.15, 0.2) is 0 Å². The minimum atomic E-state index is 0.612. The van der Waals surface area contributed by atoms with Crippen molar-refractivity contribution in [2.75, 3.05) is 64.4 Å². The Morgan fingerprint density at radius 1 is 1.16 bits per heavy atom. The maximum absolute atomic E-state index is 6.08. The van der Waals surface area contributed by atoms with E-state index in [1.54, 1.807) is 0 Å². The van der Waals surface area contributed by atoms with Crippen LogP contribution in [0, 0.1) is 5.92 Å². The van der Waals surface area contributed by atoms with E-state index in [1.807, 2.05) is 12.1 Å². The summed E-state index contributed by atoms with van der Waals surface area (Å²) in [5.74, 6) is 3.05. The molecular formula is C19H32ClN3S2. The highest BCUT2D eigenvalue weighted by molar-refractivity contribution is 7.80. The SMILES string of the molecule is CN1CCC(c2ccc(Cl)cc2)[C@@H](CN(CCS)CCNCCS)C1. The number of hydrogen-bond donors (Lipinski definition) is 3. The van der Waals surface area contributed by atoms with E-state index in [9.17, 15) is 0 Å². The van der Waals surface area contributed by atoms with Crippen LogP contribution in [0.5, 0.6) is 0 Å². The second-order valence-corrected chi connectivity index (χ2v) is 8.30. The number of benzene rings is 1. The molecule has 1 unspecified atom stereocenters. The van der Waals surface area contributed by atoms with E-state index in [0.717, 1.165) is 55.8 Å². The molecule has 3 nitrogen and oxygen atoms in total. The van der Waals surface area contributed by atoms with Crippen LogP contribution in [0.3, 0.4) is 0 Å². The lowest BCUT2D eigenvalue weighted by Gasteiger charge is -2.40. The summed E-state index contributed by atoms with van der Waals surface area (Å²) in [5.41, 5.74) is 1.43. The van der Waals surface area contributed by atoms with Gasteiger partial charge in [-0.3, -0.25) is 0 Å². The smallest absolute Gasteiger partial charge is 0.0406 e. The maximum Gasteiger partial charge on any atom is 0.0406 e. The quantitative estimate of drug-likeness (QED) is 0.413. The molecule has 1 aromatic rings. The van der Waals surface area contributed by atoms with E-state index in [0.29, 0.717) is 11.8 Å². The predicted octanol–water partition coefficient (Wildman–Crippen LogP) is 3.13. The Kier molecular flexibility index (Phi) is 10.0. The molecule has 25 heavy (non-hydrogen) atoms. The number of piperidine rings is 1. The highest BCUT2D eigenvalue weighted by Gasteiger charge is 2.30. The largest absolute Gasteiger partial charge is 0.315 e. The molecule has 0 bridgehead atoms. The highest BCUT2D eigenvalue weighted by Crippen LogP contribution is 2.33. The molecule has 1 aliphatic rings. The van der Waals surface area contributed by atoms with Gasteiger partial charge in [-0.2, -0.15) is 25.3 Å². The molecule has 1 heterocycles. The first kappa shape index (κ1) is 21.4. The van der Waals surface area contributed by atoms with Gasteiger partial charge in [-0.1, -0.05) is 23.7 Å². The summed E-state index contributed by atoms with van der Waals surface area (Å²) in [7, 11) is 2.24. The number of hydrogen-bond acceptors (Lipinski definition) is 5. The Balaban J connectivity index is 2.00. The number of nitrogens with one attached hydrogen (secondary N) is 1. The molecule has 0 radical (unpaired) electrons. The van der Waals surface area contributed by atoms with Crippen LogP contribution in [-0.2, 0) is 0 Å². The van der Waals surface area contributed by atoms with Crippen LogP contribution in [0.1, 0.15) is 17.9 Å². The zero-order valence-corrected chi connectivity index (χ0v) is 17.7. The number of halogens is 1. The molecule has 1 saturated heterocycles. The summed E-state index contributed by atoms with van der Waals surface area (Å²) >= 11 is 14.8. The van der Waals surface area contributed by atoms with Gasteiger partial charge >= 0.3 is 0 Å². The summed E-state index contributed by atoms with van der Waals surface area (Å²) in [6.07, 6.45) is 1.22. The van der Waals surface area contributed by atoms with Crippen molar-refractivity contribution in [3.8, 4) is 0 Å². The molecule has 0 amide bonds. The number of likely N-dealkylation sites (tertiary alicyclic amines) is 1. The topological polar surface area (TPSA) is 18.5 Å². The van der Waals surface area contributed by atoms with Crippen molar-refractivity contribution in [1.82, 2.24) is 15.1 Å². The Hall–Kier alpha value is 0.0900. The summed E-state index contributed by atoms with van der Waals surface area (Å²) in [4.78, 5) is 5.03. The molecule has 142 valence electrons. The zero-order chi connectivity index (χ0) is 18.1. The highest BCUT2D eigenvalue weighted by atomic mass is 35.5. The van der Waals surface area contributed by atoms with Crippen LogP contribution in [0.15, 0.2) is 24.3 Å². The van der Waals surface area contributed by atoms with Crippen molar-refractivity contribution >= 4 is 36.9 Å². The molecule has 0 aromatic heterocycles. The molecule has 6 heteroatoms. The molecule has 1 aliphatic heterocycles. The third kappa shape index (κ3) is 7.31. The summed E-state index contributed by atoms with van der Waals surface area (Å²) in [6.45, 7) is 7.54. The van der Waals surface area contributed by atoms with Gasteiger partial charge in [-0.15, -0.1) is 0 Å². The van der Waals surface area contributed by atoms with Crippen LogP contribution < -0.4 is 5.32 Å². The fourth-order valence-electron chi connectivity index (χ4n) is 3.76. The maximum atomic E-state index is 6.08. The van der Waals surface area contributed by atoms with Crippen molar-refractivity contribution in [1.29, 1.82) is 0 Å². The third-order valence-corrected chi connectivity index (χ3v) is 5.71. The average Bonchev–Trinajstić information content (AvgIpc) is 2.60. The van der Waals surface area contributed by atoms with Gasteiger partial charge < -0.3 is 15.1 Å². The van der Waals surface area contributed by atoms with Gasteiger partial charge in [0, 0.05) is 55.8 Å². The fraction of sp³-hybridized carbons (Fsp3) is 0.684. The van der Waals surface area contributed by atoms with Crippen LogP contribution >= 0.6 is 36.9 Å². The first-order valence-corrected chi connectivity index (χ1v) is 10.9. The van der Waals surface area contributed by atoms with Crippen LogP contribution in [0.25, 0.3) is 0 Å². The molecule has 0 spiro atoms. The lowest BCUT2D eigenvalue weighted by molar-refractivity contribution is 0.136. The predicted molar refractivity (Wildman–Crippen MR) is 117 cm³/mol. The lowest BCUT2D eigenvalue weighted by Crippen LogP contribution is -2.45. The van der Waals surface area contributed by atoms with Crippen LogP contribution in [0.2, 0.25) is 5.02 Å². The second kappa shape index (κ2) is 11.7. The standard InChI is InChI=1S/C19H32ClN3S2/c1-22-9-6-19(16-2-4-18(20)5-3-16)17(14-22)15-23(11-13-25)10-7-21-8-12-24/h2-5,17,19,21,24-25H,6-15H2,1H3/t17-,19?/m1/s1. The van der Waals surface area contributed by atoms with E-state index in [-0.39, 0.29) is 0 Å². The second-order valence-electron chi connectivity index (χ2n) is 6.97. The molecule has 2 atom stereocenters. The molecule has 2 rings (SSSR count). The fourth-order valence-corrected chi connectivity index (χ4v) is 4.32. The molecule has 1 fully saturated rings. The molecule has 0 aliphatic carbocycles. The van der Waals surface area contributed by atoms with Crippen LogP contribution in [0.4, 0.5) is 0 Å². The van der Waals surface area contributed by atoms with E-state index < -0.39 is 0 Å². The number of thiol groups is 2. The molecule has 0 saturated carbocycles.